The van der Waals surface area contributed by atoms with E-state index in [1.165, 1.54) is 24.1 Å². The first kappa shape index (κ1) is 26.3. The maximum Gasteiger partial charge on any atom is 0.243 e. The van der Waals surface area contributed by atoms with Gasteiger partial charge in [-0.25, -0.2) is 8.42 Å². The van der Waals surface area contributed by atoms with Gasteiger partial charge < -0.3 is 15.0 Å². The molecule has 180 valence electrons. The van der Waals surface area contributed by atoms with Crippen LogP contribution >= 0.6 is 0 Å². The van der Waals surface area contributed by atoms with Crippen molar-refractivity contribution in [1.82, 2.24) is 14.5 Å². The molecule has 0 aromatic heterocycles. The van der Waals surface area contributed by atoms with E-state index in [4.69, 9.17) is 4.74 Å². The van der Waals surface area contributed by atoms with Gasteiger partial charge in [-0.05, 0) is 57.5 Å². The van der Waals surface area contributed by atoms with E-state index in [0.717, 1.165) is 15.4 Å². The van der Waals surface area contributed by atoms with Gasteiger partial charge in [0.1, 0.15) is 11.8 Å². The summed E-state index contributed by atoms with van der Waals surface area (Å²) in [4.78, 5) is 27.4. The normalized spacial score (nSPS) is 12.5. The van der Waals surface area contributed by atoms with Crippen LogP contribution in [0.15, 0.2) is 53.4 Å². The number of benzene rings is 2. The molecule has 8 nitrogen and oxygen atoms in total. The van der Waals surface area contributed by atoms with Gasteiger partial charge in [-0.15, -0.1) is 0 Å². The third-order valence-corrected chi connectivity index (χ3v) is 7.01. The third-order valence-electron chi connectivity index (χ3n) is 5.20. The minimum absolute atomic E-state index is 0.0949. The Hall–Kier alpha value is -2.91. The molecule has 0 aliphatic rings. The summed E-state index contributed by atoms with van der Waals surface area (Å²) in [5.41, 5.74) is 1.72. The Morgan fingerprint density at radius 2 is 1.58 bits per heavy atom. The van der Waals surface area contributed by atoms with Crippen molar-refractivity contribution in [3.8, 4) is 5.75 Å². The Morgan fingerprint density at radius 3 is 2.09 bits per heavy atom. The van der Waals surface area contributed by atoms with Crippen LogP contribution in [0.2, 0.25) is 0 Å². The Kier molecular flexibility index (Phi) is 9.01. The molecule has 9 heteroatoms. The predicted molar refractivity (Wildman–Crippen MR) is 127 cm³/mol. The van der Waals surface area contributed by atoms with Crippen LogP contribution in [0, 0.1) is 6.92 Å². The quantitative estimate of drug-likeness (QED) is 0.570. The highest BCUT2D eigenvalue weighted by molar-refractivity contribution is 7.89. The van der Waals surface area contributed by atoms with E-state index >= 15 is 0 Å². The molecule has 0 aliphatic heterocycles. The van der Waals surface area contributed by atoms with Crippen molar-refractivity contribution < 1.29 is 22.7 Å². The summed E-state index contributed by atoms with van der Waals surface area (Å²) in [5.74, 6) is -0.113. The molecule has 2 rings (SSSR count). The van der Waals surface area contributed by atoms with Gasteiger partial charge in [0.15, 0.2) is 0 Å². The highest BCUT2D eigenvalue weighted by atomic mass is 32.2. The van der Waals surface area contributed by atoms with E-state index in [1.807, 2.05) is 20.8 Å². The molecule has 1 N–H and O–H groups in total. The predicted octanol–water partition coefficient (Wildman–Crippen LogP) is 2.57. The first-order valence-electron chi connectivity index (χ1n) is 10.7. The van der Waals surface area contributed by atoms with Crippen molar-refractivity contribution in [2.24, 2.45) is 0 Å². The fourth-order valence-electron chi connectivity index (χ4n) is 3.17. The molecule has 2 aromatic rings. The molecule has 0 heterocycles. The maximum atomic E-state index is 13.3. The molecular weight excluding hydrogens is 442 g/mol. The lowest BCUT2D eigenvalue weighted by atomic mass is 10.1. The smallest absolute Gasteiger partial charge is 0.243 e. The van der Waals surface area contributed by atoms with Crippen molar-refractivity contribution in [1.29, 1.82) is 0 Å². The number of hydrogen-bond acceptors (Lipinski definition) is 5. The number of carbonyl (C=O) groups is 2. The zero-order valence-corrected chi connectivity index (χ0v) is 20.8. The number of nitrogens with one attached hydrogen (secondary N) is 1. The Balaban J connectivity index is 2.27. The lowest BCUT2D eigenvalue weighted by Crippen LogP contribution is -2.51. The van der Waals surface area contributed by atoms with Crippen LogP contribution in [0.25, 0.3) is 0 Å². The number of likely N-dealkylation sites (N-methyl/N-ethyl adjacent to an activating group) is 1. The van der Waals surface area contributed by atoms with Crippen LogP contribution < -0.4 is 10.1 Å². The van der Waals surface area contributed by atoms with E-state index in [1.54, 1.807) is 50.4 Å². The number of sulfonamides is 1. The summed E-state index contributed by atoms with van der Waals surface area (Å²) < 4.78 is 32.1. The first-order valence-corrected chi connectivity index (χ1v) is 12.2. The van der Waals surface area contributed by atoms with Crippen molar-refractivity contribution in [2.75, 3.05) is 20.7 Å². The Bertz CT molecular complexity index is 1050. The van der Waals surface area contributed by atoms with Gasteiger partial charge in [0.2, 0.25) is 21.8 Å². The highest BCUT2D eigenvalue weighted by Gasteiger charge is 2.30. The summed E-state index contributed by atoms with van der Waals surface area (Å²) in [7, 11) is -0.941. The minimum Gasteiger partial charge on any atom is -0.497 e. The van der Waals surface area contributed by atoms with Crippen molar-refractivity contribution in [3.63, 3.8) is 0 Å². The minimum atomic E-state index is -3.86. The van der Waals surface area contributed by atoms with Gasteiger partial charge in [-0.2, -0.15) is 4.31 Å². The van der Waals surface area contributed by atoms with Crippen molar-refractivity contribution in [2.45, 2.75) is 51.2 Å². The molecule has 33 heavy (non-hydrogen) atoms. The number of hydrogen-bond donors (Lipinski definition) is 1. The van der Waals surface area contributed by atoms with Gasteiger partial charge in [0, 0.05) is 19.6 Å². The fourth-order valence-corrected chi connectivity index (χ4v) is 4.29. The van der Waals surface area contributed by atoms with Crippen molar-refractivity contribution >= 4 is 21.8 Å². The lowest BCUT2D eigenvalue weighted by Gasteiger charge is -2.30. The van der Waals surface area contributed by atoms with Gasteiger partial charge in [0.05, 0.1) is 18.6 Å². The second-order valence-corrected chi connectivity index (χ2v) is 10.3. The first-order chi connectivity index (χ1) is 15.4. The largest absolute Gasteiger partial charge is 0.497 e. The summed E-state index contributed by atoms with van der Waals surface area (Å²) in [5, 5.41) is 2.81. The van der Waals surface area contributed by atoms with Crippen molar-refractivity contribution in [3.05, 3.63) is 59.7 Å². The molecule has 2 aromatic carbocycles. The topological polar surface area (TPSA) is 96.0 Å². The Labute approximate surface area is 196 Å². The van der Waals surface area contributed by atoms with Crippen LogP contribution in [0.4, 0.5) is 0 Å². The number of methoxy groups -OCH3 is 1. The van der Waals surface area contributed by atoms with Crippen LogP contribution in [0.5, 0.6) is 5.75 Å². The standard InChI is InChI=1S/C24H33N3O5S/c1-17(2)25-24(29)19(4)27(15-20-9-11-21(32-6)12-10-20)23(28)16-26(5)33(30,31)22-13-7-18(3)8-14-22/h7-14,17,19H,15-16H2,1-6H3,(H,25,29). The molecule has 0 saturated heterocycles. The van der Waals surface area contributed by atoms with E-state index in [2.05, 4.69) is 5.32 Å². The van der Waals surface area contributed by atoms with Crippen LogP contribution in [0.3, 0.4) is 0 Å². The number of carbonyl (C=O) groups excluding carboxylic acids is 2. The van der Waals surface area contributed by atoms with Gasteiger partial charge in [-0.1, -0.05) is 29.8 Å². The zero-order chi connectivity index (χ0) is 24.8. The van der Waals surface area contributed by atoms with E-state index < -0.39 is 28.5 Å². The molecule has 0 fully saturated rings. The fraction of sp³-hybridized carbons (Fsp3) is 0.417. The zero-order valence-electron chi connectivity index (χ0n) is 20.0. The molecular formula is C24H33N3O5S. The Morgan fingerprint density at radius 1 is 1.00 bits per heavy atom. The van der Waals surface area contributed by atoms with Crippen LogP contribution in [0.1, 0.15) is 31.9 Å². The summed E-state index contributed by atoms with van der Waals surface area (Å²) in [6, 6.07) is 12.7. The van der Waals surface area contributed by atoms with Crippen LogP contribution in [-0.4, -0.2) is 62.2 Å². The molecule has 0 radical (unpaired) electrons. The average Bonchev–Trinajstić information content (AvgIpc) is 2.77. The number of amides is 2. The summed E-state index contributed by atoms with van der Waals surface area (Å²) in [6.07, 6.45) is 0. The average molecular weight is 476 g/mol. The molecule has 1 unspecified atom stereocenters. The second-order valence-electron chi connectivity index (χ2n) is 8.28. The number of nitrogens with zero attached hydrogens (tertiary/aromatic N) is 2. The molecule has 2 amide bonds. The second kappa shape index (κ2) is 11.3. The molecule has 0 saturated carbocycles. The van der Waals surface area contributed by atoms with E-state index in [-0.39, 0.29) is 23.4 Å². The summed E-state index contributed by atoms with van der Waals surface area (Å²) >= 11 is 0. The molecule has 1 atom stereocenters. The summed E-state index contributed by atoms with van der Waals surface area (Å²) in [6.45, 7) is 6.92. The number of rotatable bonds is 10. The van der Waals surface area contributed by atoms with Gasteiger partial charge in [-0.3, -0.25) is 9.59 Å². The number of aryl methyl sites for hydroxylation is 1. The van der Waals surface area contributed by atoms with Crippen LogP contribution in [-0.2, 0) is 26.2 Å². The highest BCUT2D eigenvalue weighted by Crippen LogP contribution is 2.18. The maximum absolute atomic E-state index is 13.3. The van der Waals surface area contributed by atoms with Gasteiger partial charge >= 0.3 is 0 Å². The monoisotopic (exact) mass is 475 g/mol. The van der Waals surface area contributed by atoms with E-state index in [9.17, 15) is 18.0 Å². The third kappa shape index (κ3) is 7.03. The van der Waals surface area contributed by atoms with E-state index in [0.29, 0.717) is 5.75 Å². The molecule has 0 aliphatic carbocycles. The van der Waals surface area contributed by atoms with Gasteiger partial charge in [0.25, 0.3) is 0 Å². The molecule has 0 spiro atoms. The SMILES string of the molecule is COc1ccc(CN(C(=O)CN(C)S(=O)(=O)c2ccc(C)cc2)C(C)C(=O)NC(C)C)cc1. The lowest BCUT2D eigenvalue weighted by molar-refractivity contribution is -0.140. The number of ether oxygens (including phenoxy) is 1. The molecule has 0 bridgehead atoms.